The Morgan fingerprint density at radius 1 is 0.955 bits per heavy atom. The van der Waals surface area contributed by atoms with Crippen LogP contribution in [0.2, 0.25) is 0 Å². The number of nitrogens with zero attached hydrogens (tertiary/aromatic N) is 2. The van der Waals surface area contributed by atoms with Crippen molar-refractivity contribution in [1.29, 1.82) is 0 Å². The van der Waals surface area contributed by atoms with Gasteiger partial charge in [0.25, 0.3) is 0 Å². The minimum atomic E-state index is -1.09. The number of benzene rings is 2. The molecule has 0 amide bonds. The largest absolute Gasteiger partial charge is 0.258 e. The van der Waals surface area contributed by atoms with Crippen molar-refractivity contribution >= 4 is 22.1 Å². The Bertz CT molecular complexity index is 717. The van der Waals surface area contributed by atoms with Crippen LogP contribution >= 0.6 is 11.3 Å². The van der Waals surface area contributed by atoms with Gasteiger partial charge in [-0.05, 0) is 18.1 Å². The fourth-order valence-electron chi connectivity index (χ4n) is 2.35. The predicted octanol–water partition coefficient (Wildman–Crippen LogP) is 3.88. The van der Waals surface area contributed by atoms with E-state index in [0.29, 0.717) is 5.75 Å². The Morgan fingerprint density at radius 3 is 1.95 bits per heavy atom. The standard InChI is InChI=1S/C17H16N2OS2/c1-13-18-19-16(21-13)12-22(20)17(14-8-4-2-5-9-14)15-10-6-3-7-11-15/h2-11,17H,12H2,1H3. The van der Waals surface area contributed by atoms with Gasteiger partial charge < -0.3 is 0 Å². The Labute approximate surface area is 136 Å². The van der Waals surface area contributed by atoms with Crippen LogP contribution in [0.5, 0.6) is 0 Å². The summed E-state index contributed by atoms with van der Waals surface area (Å²) >= 11 is 1.51. The van der Waals surface area contributed by atoms with E-state index in [2.05, 4.69) is 10.2 Å². The molecule has 3 aromatic rings. The molecule has 0 spiro atoms. The van der Waals surface area contributed by atoms with E-state index in [9.17, 15) is 4.21 Å². The highest BCUT2D eigenvalue weighted by Gasteiger charge is 2.22. The molecule has 0 aliphatic rings. The monoisotopic (exact) mass is 328 g/mol. The highest BCUT2D eigenvalue weighted by molar-refractivity contribution is 7.84. The van der Waals surface area contributed by atoms with Crippen molar-refractivity contribution in [2.45, 2.75) is 17.9 Å². The van der Waals surface area contributed by atoms with Gasteiger partial charge in [0.15, 0.2) is 0 Å². The Balaban J connectivity index is 1.93. The van der Waals surface area contributed by atoms with Gasteiger partial charge in [0.05, 0.1) is 11.0 Å². The summed E-state index contributed by atoms with van der Waals surface area (Å²) in [6, 6.07) is 20.0. The summed E-state index contributed by atoms with van der Waals surface area (Å²) in [5.74, 6) is 0.431. The van der Waals surface area contributed by atoms with E-state index in [1.54, 1.807) is 0 Å². The molecule has 2 aromatic carbocycles. The van der Waals surface area contributed by atoms with Gasteiger partial charge in [-0.25, -0.2) is 0 Å². The molecule has 1 unspecified atom stereocenters. The van der Waals surface area contributed by atoms with Crippen molar-refractivity contribution in [2.24, 2.45) is 0 Å². The Morgan fingerprint density at radius 2 is 1.50 bits per heavy atom. The molecule has 22 heavy (non-hydrogen) atoms. The molecule has 1 heterocycles. The van der Waals surface area contributed by atoms with E-state index in [1.165, 1.54) is 11.3 Å². The zero-order valence-corrected chi connectivity index (χ0v) is 13.8. The Kier molecular flexibility index (Phi) is 4.75. The molecule has 0 saturated carbocycles. The maximum atomic E-state index is 13.0. The third-order valence-corrected chi connectivity index (χ3v) is 5.95. The number of aromatic nitrogens is 2. The molecule has 112 valence electrons. The number of hydrogen-bond acceptors (Lipinski definition) is 4. The maximum absolute atomic E-state index is 13.0. The summed E-state index contributed by atoms with van der Waals surface area (Å²) < 4.78 is 13.0. The molecule has 5 heteroatoms. The van der Waals surface area contributed by atoms with Crippen LogP contribution in [-0.4, -0.2) is 14.4 Å². The normalized spacial score (nSPS) is 12.5. The van der Waals surface area contributed by atoms with Gasteiger partial charge >= 0.3 is 0 Å². The van der Waals surface area contributed by atoms with Crippen molar-refractivity contribution in [3.05, 3.63) is 81.8 Å². The molecule has 0 radical (unpaired) electrons. The first kappa shape index (κ1) is 15.1. The van der Waals surface area contributed by atoms with Gasteiger partial charge in [-0.1, -0.05) is 60.7 Å². The zero-order chi connectivity index (χ0) is 15.4. The highest BCUT2D eigenvalue weighted by Crippen LogP contribution is 2.30. The van der Waals surface area contributed by atoms with Crippen molar-refractivity contribution in [3.8, 4) is 0 Å². The first-order chi connectivity index (χ1) is 10.7. The second kappa shape index (κ2) is 6.94. The first-order valence-corrected chi connectivity index (χ1v) is 9.20. The van der Waals surface area contributed by atoms with Gasteiger partial charge in [0.1, 0.15) is 10.0 Å². The van der Waals surface area contributed by atoms with E-state index in [-0.39, 0.29) is 5.25 Å². The van der Waals surface area contributed by atoms with E-state index in [0.717, 1.165) is 21.1 Å². The lowest BCUT2D eigenvalue weighted by Crippen LogP contribution is -2.10. The molecule has 0 bridgehead atoms. The molecule has 0 aliphatic carbocycles. The van der Waals surface area contributed by atoms with Gasteiger partial charge in [0.2, 0.25) is 0 Å². The van der Waals surface area contributed by atoms with Gasteiger partial charge in [-0.15, -0.1) is 21.5 Å². The van der Waals surface area contributed by atoms with Gasteiger partial charge in [-0.2, -0.15) is 0 Å². The lowest BCUT2D eigenvalue weighted by atomic mass is 10.0. The van der Waals surface area contributed by atoms with Crippen molar-refractivity contribution < 1.29 is 4.21 Å². The summed E-state index contributed by atoms with van der Waals surface area (Å²) in [7, 11) is -1.09. The van der Waals surface area contributed by atoms with Crippen LogP contribution in [0.4, 0.5) is 0 Å². The third kappa shape index (κ3) is 3.48. The topological polar surface area (TPSA) is 42.9 Å². The molecule has 0 aliphatic heterocycles. The minimum absolute atomic E-state index is 0.147. The number of rotatable bonds is 5. The molecular formula is C17H16N2OS2. The summed E-state index contributed by atoms with van der Waals surface area (Å²) in [5.41, 5.74) is 2.13. The number of aryl methyl sites for hydroxylation is 1. The van der Waals surface area contributed by atoms with E-state index < -0.39 is 10.8 Å². The van der Waals surface area contributed by atoms with Crippen LogP contribution in [0, 0.1) is 6.92 Å². The molecule has 0 saturated heterocycles. The van der Waals surface area contributed by atoms with E-state index in [4.69, 9.17) is 0 Å². The summed E-state index contributed by atoms with van der Waals surface area (Å²) in [6.45, 7) is 1.91. The molecular weight excluding hydrogens is 312 g/mol. The molecule has 1 aromatic heterocycles. The lowest BCUT2D eigenvalue weighted by molar-refractivity contribution is 0.677. The van der Waals surface area contributed by atoms with Crippen LogP contribution in [0.25, 0.3) is 0 Å². The van der Waals surface area contributed by atoms with Crippen molar-refractivity contribution in [1.82, 2.24) is 10.2 Å². The number of hydrogen-bond donors (Lipinski definition) is 0. The smallest absolute Gasteiger partial charge is 0.130 e. The summed E-state index contributed by atoms with van der Waals surface area (Å²) in [6.07, 6.45) is 0. The van der Waals surface area contributed by atoms with Gasteiger partial charge in [-0.3, -0.25) is 4.21 Å². The third-order valence-electron chi connectivity index (χ3n) is 3.30. The fraction of sp³-hybridized carbons (Fsp3) is 0.176. The SMILES string of the molecule is Cc1nnc(CS(=O)C(c2ccccc2)c2ccccc2)s1. The zero-order valence-electron chi connectivity index (χ0n) is 12.2. The minimum Gasteiger partial charge on any atom is -0.258 e. The fourth-order valence-corrected chi connectivity index (χ4v) is 4.83. The molecule has 3 nitrogen and oxygen atoms in total. The molecule has 3 rings (SSSR count). The van der Waals surface area contributed by atoms with Crippen LogP contribution in [0.1, 0.15) is 26.4 Å². The average Bonchev–Trinajstić information content (AvgIpc) is 2.95. The first-order valence-electron chi connectivity index (χ1n) is 7.00. The lowest BCUT2D eigenvalue weighted by Gasteiger charge is -2.17. The quantitative estimate of drug-likeness (QED) is 0.714. The van der Waals surface area contributed by atoms with Crippen molar-refractivity contribution in [3.63, 3.8) is 0 Å². The average molecular weight is 328 g/mol. The second-order valence-electron chi connectivity index (χ2n) is 4.94. The van der Waals surface area contributed by atoms with Crippen LogP contribution < -0.4 is 0 Å². The maximum Gasteiger partial charge on any atom is 0.130 e. The van der Waals surface area contributed by atoms with Crippen LogP contribution in [0.3, 0.4) is 0 Å². The van der Waals surface area contributed by atoms with Crippen molar-refractivity contribution in [2.75, 3.05) is 0 Å². The van der Waals surface area contributed by atoms with Crippen LogP contribution in [0.15, 0.2) is 60.7 Å². The second-order valence-corrected chi connectivity index (χ2v) is 7.73. The summed E-state index contributed by atoms with van der Waals surface area (Å²) in [4.78, 5) is 0. The Hall–Kier alpha value is -1.85. The van der Waals surface area contributed by atoms with E-state index in [1.807, 2.05) is 67.6 Å². The highest BCUT2D eigenvalue weighted by atomic mass is 32.2. The van der Waals surface area contributed by atoms with Crippen LogP contribution in [-0.2, 0) is 16.6 Å². The molecule has 1 atom stereocenters. The van der Waals surface area contributed by atoms with E-state index >= 15 is 0 Å². The molecule has 0 fully saturated rings. The van der Waals surface area contributed by atoms with Gasteiger partial charge in [0, 0.05) is 10.8 Å². The molecule has 0 N–H and O–H groups in total. The summed E-state index contributed by atoms with van der Waals surface area (Å²) in [5, 5.41) is 9.69. The predicted molar refractivity (Wildman–Crippen MR) is 91.2 cm³/mol.